The molecule has 0 saturated heterocycles. The molecule has 0 radical (unpaired) electrons. The Hall–Kier alpha value is -0.160. The van der Waals surface area contributed by atoms with E-state index in [1.54, 1.807) is 0 Å². The summed E-state index contributed by atoms with van der Waals surface area (Å²) in [5.41, 5.74) is 11.4. The second kappa shape index (κ2) is 18.2. The van der Waals surface area contributed by atoms with Crippen LogP contribution in [-0.4, -0.2) is 50.2 Å². The number of hydrogen-bond acceptors (Lipinski definition) is 4. The van der Waals surface area contributed by atoms with Crippen molar-refractivity contribution in [2.45, 2.75) is 102 Å². The predicted octanol–water partition coefficient (Wildman–Crippen LogP) is 4.03. The van der Waals surface area contributed by atoms with Crippen LogP contribution in [0, 0.1) is 0 Å². The zero-order valence-corrected chi connectivity index (χ0v) is 17.5. The molecule has 0 heterocycles. The summed E-state index contributed by atoms with van der Waals surface area (Å²) in [5, 5.41) is 3.85. The highest BCUT2D eigenvalue weighted by molar-refractivity contribution is 4.70. The van der Waals surface area contributed by atoms with Crippen molar-refractivity contribution in [1.29, 1.82) is 0 Å². The van der Waals surface area contributed by atoms with Gasteiger partial charge in [-0.25, -0.2) is 0 Å². The number of nitrogens with one attached hydrogen (secondary N) is 1. The molecule has 0 aliphatic heterocycles. The lowest BCUT2D eigenvalue weighted by atomic mass is 9.98. The third-order valence-corrected chi connectivity index (χ3v) is 5.86. The number of hydrogen-bond donors (Lipinski definition) is 3. The fourth-order valence-corrected chi connectivity index (χ4v) is 4.20. The summed E-state index contributed by atoms with van der Waals surface area (Å²) >= 11 is 0. The molecule has 1 aliphatic rings. The van der Waals surface area contributed by atoms with Crippen LogP contribution in [0.15, 0.2) is 0 Å². The third kappa shape index (κ3) is 14.0. The van der Waals surface area contributed by atoms with Gasteiger partial charge >= 0.3 is 0 Å². The summed E-state index contributed by atoms with van der Waals surface area (Å²) in [6, 6.07) is 0.709. The molecule has 1 fully saturated rings. The van der Waals surface area contributed by atoms with Gasteiger partial charge in [0.1, 0.15) is 0 Å². The summed E-state index contributed by atoms with van der Waals surface area (Å²) in [4.78, 5) is 2.39. The molecule has 0 aromatic rings. The maximum absolute atomic E-state index is 5.71. The molecule has 1 aliphatic carbocycles. The van der Waals surface area contributed by atoms with E-state index in [0.29, 0.717) is 6.04 Å². The van der Waals surface area contributed by atoms with E-state index >= 15 is 0 Å². The second-order valence-corrected chi connectivity index (χ2v) is 8.24. The minimum absolute atomic E-state index is 0.709. The van der Waals surface area contributed by atoms with Crippen LogP contribution in [0.2, 0.25) is 0 Å². The normalized spacial score (nSPS) is 20.4. The lowest BCUT2D eigenvalue weighted by molar-refractivity contribution is 0.277. The molecule has 0 aromatic heterocycles. The number of rotatable bonds is 8. The Labute approximate surface area is 163 Å². The van der Waals surface area contributed by atoms with Gasteiger partial charge in [0.05, 0.1) is 0 Å². The Kier molecular flexibility index (Phi) is 16.7. The Balaban J connectivity index is 2.28. The van der Waals surface area contributed by atoms with Gasteiger partial charge in [0, 0.05) is 45.3 Å². The van der Waals surface area contributed by atoms with Gasteiger partial charge in [-0.2, -0.15) is 0 Å². The van der Waals surface area contributed by atoms with E-state index in [9.17, 15) is 0 Å². The highest BCUT2D eigenvalue weighted by Gasteiger charge is 2.09. The zero-order valence-electron chi connectivity index (χ0n) is 17.5. The first-order valence-corrected chi connectivity index (χ1v) is 11.7. The minimum Gasteiger partial charge on any atom is -0.329 e. The fraction of sp³-hybridized carbons (Fsp3) is 1.00. The molecule has 0 bridgehead atoms. The van der Waals surface area contributed by atoms with E-state index in [1.165, 1.54) is 96.3 Å². The van der Waals surface area contributed by atoms with E-state index in [0.717, 1.165) is 39.3 Å². The van der Waals surface area contributed by atoms with Crippen molar-refractivity contribution in [2.24, 2.45) is 11.5 Å². The summed E-state index contributed by atoms with van der Waals surface area (Å²) in [6.45, 7) is 5.52. The van der Waals surface area contributed by atoms with Crippen LogP contribution in [0.1, 0.15) is 96.3 Å². The molecule has 26 heavy (non-hydrogen) atoms. The summed E-state index contributed by atoms with van der Waals surface area (Å²) < 4.78 is 0. The minimum atomic E-state index is 0.709. The molecule has 5 N–H and O–H groups in total. The van der Waals surface area contributed by atoms with Crippen molar-refractivity contribution in [2.75, 3.05) is 39.3 Å². The van der Waals surface area contributed by atoms with Crippen molar-refractivity contribution >= 4 is 0 Å². The van der Waals surface area contributed by atoms with E-state index < -0.39 is 0 Å². The van der Waals surface area contributed by atoms with Crippen LogP contribution in [0.5, 0.6) is 0 Å². The Morgan fingerprint density at radius 2 is 0.962 bits per heavy atom. The van der Waals surface area contributed by atoms with E-state index in [4.69, 9.17) is 11.5 Å². The molecule has 0 spiro atoms. The van der Waals surface area contributed by atoms with Crippen LogP contribution in [0.25, 0.3) is 0 Å². The first-order valence-electron chi connectivity index (χ1n) is 11.7. The summed E-state index contributed by atoms with van der Waals surface area (Å²) in [5.74, 6) is 0. The van der Waals surface area contributed by atoms with Crippen LogP contribution in [-0.2, 0) is 0 Å². The van der Waals surface area contributed by atoms with Gasteiger partial charge < -0.3 is 16.8 Å². The van der Waals surface area contributed by atoms with E-state index in [2.05, 4.69) is 10.2 Å². The fourth-order valence-electron chi connectivity index (χ4n) is 4.20. The lowest BCUT2D eigenvalue weighted by Gasteiger charge is -2.24. The molecule has 4 heteroatoms. The molecule has 0 amide bonds. The quantitative estimate of drug-likeness (QED) is 0.605. The average Bonchev–Trinajstić information content (AvgIpc) is 2.63. The Morgan fingerprint density at radius 3 is 1.35 bits per heavy atom. The molecular formula is C22H48N4. The molecular weight excluding hydrogens is 320 g/mol. The summed E-state index contributed by atoms with van der Waals surface area (Å²) in [7, 11) is 0. The zero-order chi connectivity index (χ0) is 18.7. The lowest BCUT2D eigenvalue weighted by Crippen LogP contribution is -2.41. The Bertz CT molecular complexity index is 263. The van der Waals surface area contributed by atoms with E-state index in [-0.39, 0.29) is 0 Å². The first-order chi connectivity index (χ1) is 12.9. The maximum Gasteiger partial charge on any atom is 0.0108 e. The maximum atomic E-state index is 5.71. The SMILES string of the molecule is NCCN(CCN)CCNC1CCCCCCCCCCCCCCC1. The van der Waals surface area contributed by atoms with Gasteiger partial charge in [0.2, 0.25) is 0 Å². The van der Waals surface area contributed by atoms with Crippen molar-refractivity contribution in [3.8, 4) is 0 Å². The van der Waals surface area contributed by atoms with Gasteiger partial charge in [-0.15, -0.1) is 0 Å². The monoisotopic (exact) mass is 368 g/mol. The van der Waals surface area contributed by atoms with Gasteiger partial charge in [0.25, 0.3) is 0 Å². The second-order valence-electron chi connectivity index (χ2n) is 8.24. The van der Waals surface area contributed by atoms with Crippen molar-refractivity contribution in [3.63, 3.8) is 0 Å². The number of nitrogens with zero attached hydrogens (tertiary/aromatic N) is 1. The van der Waals surface area contributed by atoms with Crippen LogP contribution in [0.3, 0.4) is 0 Å². The summed E-state index contributed by atoms with van der Waals surface area (Å²) in [6.07, 6.45) is 21.4. The van der Waals surface area contributed by atoms with Gasteiger partial charge in [-0.3, -0.25) is 4.90 Å². The molecule has 1 rings (SSSR count). The largest absolute Gasteiger partial charge is 0.329 e. The highest BCUT2D eigenvalue weighted by Crippen LogP contribution is 2.17. The van der Waals surface area contributed by atoms with Crippen LogP contribution < -0.4 is 16.8 Å². The van der Waals surface area contributed by atoms with Crippen molar-refractivity contribution in [1.82, 2.24) is 10.2 Å². The standard InChI is InChI=1S/C22H48N4/c23-16-19-26(20-17-24)21-18-25-22-14-12-10-8-6-4-2-1-3-5-7-9-11-13-15-22/h22,25H,1-21,23-24H2. The average molecular weight is 369 g/mol. The highest BCUT2D eigenvalue weighted by atomic mass is 15.1. The smallest absolute Gasteiger partial charge is 0.0108 e. The molecule has 1 saturated carbocycles. The third-order valence-electron chi connectivity index (χ3n) is 5.86. The van der Waals surface area contributed by atoms with Crippen molar-refractivity contribution in [3.05, 3.63) is 0 Å². The molecule has 0 unspecified atom stereocenters. The topological polar surface area (TPSA) is 67.3 Å². The molecule has 0 atom stereocenters. The first kappa shape index (κ1) is 23.9. The van der Waals surface area contributed by atoms with Gasteiger partial charge in [0.15, 0.2) is 0 Å². The molecule has 4 nitrogen and oxygen atoms in total. The van der Waals surface area contributed by atoms with Gasteiger partial charge in [-0.1, -0.05) is 83.5 Å². The molecule has 0 aromatic carbocycles. The van der Waals surface area contributed by atoms with Gasteiger partial charge in [-0.05, 0) is 12.8 Å². The predicted molar refractivity (Wildman–Crippen MR) is 116 cm³/mol. The number of nitrogens with two attached hydrogens (primary N) is 2. The van der Waals surface area contributed by atoms with Crippen LogP contribution >= 0.6 is 0 Å². The van der Waals surface area contributed by atoms with Crippen molar-refractivity contribution < 1.29 is 0 Å². The molecule has 156 valence electrons. The van der Waals surface area contributed by atoms with E-state index in [1.807, 2.05) is 0 Å². The van der Waals surface area contributed by atoms with Crippen LogP contribution in [0.4, 0.5) is 0 Å². The Morgan fingerprint density at radius 1 is 0.577 bits per heavy atom.